The third-order valence-corrected chi connectivity index (χ3v) is 14.9. The average molecular weight is 1170 g/mol. The van der Waals surface area contributed by atoms with Crippen LogP contribution < -0.4 is 20.1 Å². The van der Waals surface area contributed by atoms with Crippen molar-refractivity contribution in [2.75, 3.05) is 24.9 Å². The van der Waals surface area contributed by atoms with E-state index < -0.39 is 128 Å². The van der Waals surface area contributed by atoms with E-state index in [9.17, 15) is 71.7 Å². The highest BCUT2D eigenvalue weighted by Crippen LogP contribution is 2.49. The molecule has 0 aliphatic carbocycles. The Bertz CT molecular complexity index is 4130. The number of carbonyl (C=O) groups is 2. The Hall–Kier alpha value is -6.80. The number of ether oxygens (including phenoxy) is 2. The van der Waals surface area contributed by atoms with Crippen molar-refractivity contribution in [2.24, 2.45) is 20.5 Å². The highest BCUT2D eigenvalue weighted by molar-refractivity contribution is 7.86. The number of phenolic OH excluding ortho intramolecular Hbond substituents is 2. The van der Waals surface area contributed by atoms with Gasteiger partial charge in [-0.15, -0.1) is 20.5 Å². The van der Waals surface area contributed by atoms with Crippen LogP contribution in [0.1, 0.15) is 20.7 Å². The van der Waals surface area contributed by atoms with Crippen molar-refractivity contribution in [1.82, 2.24) is 0 Å². The number of azo groups is 2. The zero-order chi connectivity index (χ0) is 54.6. The Kier molecular flexibility index (Phi) is 15.2. The van der Waals surface area contributed by atoms with Gasteiger partial charge < -0.3 is 30.3 Å². The molecule has 0 aliphatic heterocycles. The molecule has 2 amide bonds. The fourth-order valence-corrected chi connectivity index (χ4v) is 10.1. The highest BCUT2D eigenvalue weighted by Gasteiger charge is 2.29. The van der Waals surface area contributed by atoms with E-state index >= 15 is 0 Å². The zero-order valence-corrected chi connectivity index (χ0v) is 42.9. The summed E-state index contributed by atoms with van der Waals surface area (Å²) in [5.41, 5.74) is -4.18. The Balaban J connectivity index is 1.36. The van der Waals surface area contributed by atoms with Crippen molar-refractivity contribution in [2.45, 2.75) is 19.6 Å². The molecule has 0 fully saturated rings. The number of hydrogen-bond acceptors (Lipinski definition) is 18. The van der Waals surface area contributed by atoms with E-state index in [-0.39, 0.29) is 54.1 Å². The SMILES string of the molecule is COc1cc(N=Nc2c(S(=O)(=O)O)cc3cc(S(=O)(=O)O)cc(NC(=O)c4ccc(Cl)cc4Cl)c3c2O)c(OC)cc1N=Nc1c(S(=O)(=O)O)cc2cc(S(=O)(=O)O)cc(NC(=O)c3ccc(Cl)c(Cl)c3)c2c1O. The third kappa shape index (κ3) is 11.4. The van der Waals surface area contributed by atoms with Gasteiger partial charge in [0.25, 0.3) is 52.3 Å². The van der Waals surface area contributed by atoms with E-state index in [2.05, 4.69) is 31.1 Å². The number of rotatable bonds is 14. The maximum atomic E-state index is 13.4. The lowest BCUT2D eigenvalue weighted by Gasteiger charge is -2.15. The van der Waals surface area contributed by atoms with E-state index in [1.54, 1.807) is 0 Å². The molecule has 0 bridgehead atoms. The second-order valence-corrected chi connectivity index (χ2v) is 22.2. The van der Waals surface area contributed by atoms with Crippen molar-refractivity contribution >= 4 is 154 Å². The van der Waals surface area contributed by atoms with Crippen molar-refractivity contribution in [3.63, 3.8) is 0 Å². The van der Waals surface area contributed by atoms with Crippen molar-refractivity contribution in [1.29, 1.82) is 0 Å². The van der Waals surface area contributed by atoms with Gasteiger partial charge in [0, 0.05) is 33.5 Å². The van der Waals surface area contributed by atoms with Gasteiger partial charge >= 0.3 is 0 Å². The minimum absolute atomic E-state index is 0.0564. The largest absolute Gasteiger partial charge is 0.505 e. The van der Waals surface area contributed by atoms with E-state index in [0.29, 0.717) is 36.4 Å². The second-order valence-electron chi connectivity index (χ2n) is 14.9. The maximum Gasteiger partial charge on any atom is 0.296 e. The molecule has 0 atom stereocenters. The monoisotopic (exact) mass is 1170 g/mol. The molecule has 7 aromatic carbocycles. The molecule has 0 heterocycles. The summed E-state index contributed by atoms with van der Waals surface area (Å²) in [7, 11) is -18.8. The van der Waals surface area contributed by atoms with Gasteiger partial charge in [-0.05, 0) is 83.6 Å². The van der Waals surface area contributed by atoms with Crippen LogP contribution in [0.4, 0.5) is 34.1 Å². The fourth-order valence-electron chi connectivity index (χ4n) is 6.93. The van der Waals surface area contributed by atoms with Crippen LogP contribution in [-0.4, -0.2) is 88.1 Å². The standard InChI is InChI=1S/C42H28Cl4N6O18S4/c1-69-31-16-28(50-52-38-34(74(66,67)68)11-19-8-22(72(60,61)62)14-30(36(19)40(38)54)48-42(56)23-5-4-20(43)12-25(23)45)32(70-2)15-27(31)49-51-37-33(73(63,64)65)10-18-7-21(71(57,58)59)13-29(35(18)39(37)53)47-41(55)17-3-6-24(44)26(46)9-17/h3-16,53-54H,1-2H3,(H,47,55)(H,48,56)(H,57,58,59)(H,60,61,62)(H,63,64,65)(H,66,67,68). The summed E-state index contributed by atoms with van der Waals surface area (Å²) in [5.74, 6) is -4.87. The van der Waals surface area contributed by atoms with E-state index in [4.69, 9.17) is 55.9 Å². The van der Waals surface area contributed by atoms with Crippen LogP contribution in [0.25, 0.3) is 21.5 Å². The fraction of sp³-hybridized carbons (Fsp3) is 0.0476. The Morgan fingerprint density at radius 2 is 0.946 bits per heavy atom. The number of methoxy groups -OCH3 is 2. The molecule has 0 aromatic heterocycles. The Morgan fingerprint density at radius 1 is 0.500 bits per heavy atom. The normalized spacial score (nSPS) is 12.5. The van der Waals surface area contributed by atoms with Gasteiger partial charge in [0.15, 0.2) is 11.5 Å². The van der Waals surface area contributed by atoms with Crippen LogP contribution in [0.5, 0.6) is 23.0 Å². The summed E-state index contributed by atoms with van der Waals surface area (Å²) in [6, 6.07) is 13.5. The number of nitrogens with zero attached hydrogens (tertiary/aromatic N) is 4. The van der Waals surface area contributed by atoms with Crippen LogP contribution in [0.3, 0.4) is 0 Å². The maximum absolute atomic E-state index is 13.4. The summed E-state index contributed by atoms with van der Waals surface area (Å²) < 4.78 is 151. The first-order valence-electron chi connectivity index (χ1n) is 19.6. The molecule has 0 radical (unpaired) electrons. The number of anilines is 2. The molecule has 7 rings (SSSR count). The van der Waals surface area contributed by atoms with Crippen LogP contribution in [-0.2, 0) is 40.5 Å². The third-order valence-electron chi connectivity index (χ3n) is 10.2. The number of benzene rings is 7. The molecule has 0 spiro atoms. The van der Waals surface area contributed by atoms with Gasteiger partial charge in [0.05, 0.1) is 56.0 Å². The highest BCUT2D eigenvalue weighted by atomic mass is 35.5. The van der Waals surface area contributed by atoms with Crippen LogP contribution in [0.2, 0.25) is 20.1 Å². The van der Waals surface area contributed by atoms with Crippen molar-refractivity contribution in [3.8, 4) is 23.0 Å². The van der Waals surface area contributed by atoms with Crippen LogP contribution >= 0.6 is 46.4 Å². The number of phenols is 2. The summed E-state index contributed by atoms with van der Waals surface area (Å²) in [6.07, 6.45) is 0. The molecule has 7 aromatic rings. The van der Waals surface area contributed by atoms with Gasteiger partial charge in [-0.2, -0.15) is 33.7 Å². The minimum atomic E-state index is -5.40. The van der Waals surface area contributed by atoms with Gasteiger partial charge in [0.2, 0.25) is 0 Å². The molecule has 0 aliphatic rings. The summed E-state index contributed by atoms with van der Waals surface area (Å²) >= 11 is 24.1. The predicted octanol–water partition coefficient (Wildman–Crippen LogP) is 10.4. The van der Waals surface area contributed by atoms with Gasteiger partial charge in [-0.1, -0.05) is 46.4 Å². The summed E-state index contributed by atoms with van der Waals surface area (Å²) in [5, 5.41) is 41.6. The molecule has 0 unspecified atom stereocenters. The zero-order valence-electron chi connectivity index (χ0n) is 36.6. The van der Waals surface area contributed by atoms with E-state index in [1.165, 1.54) is 30.3 Å². The second kappa shape index (κ2) is 20.5. The summed E-state index contributed by atoms with van der Waals surface area (Å²) in [4.78, 5) is 22.6. The molecule has 24 nitrogen and oxygen atoms in total. The average Bonchev–Trinajstić information content (AvgIpc) is 3.29. The molecule has 0 saturated carbocycles. The lowest BCUT2D eigenvalue weighted by Crippen LogP contribution is -2.13. The first kappa shape index (κ1) is 55.0. The number of hydrogen-bond donors (Lipinski definition) is 8. The molecular weight excluding hydrogens is 1150 g/mol. The van der Waals surface area contributed by atoms with Gasteiger partial charge in [0.1, 0.15) is 44.0 Å². The number of fused-ring (bicyclic) bond motifs is 2. The van der Waals surface area contributed by atoms with Crippen molar-refractivity contribution < 1.29 is 81.2 Å². The molecule has 32 heteroatoms. The Labute approximate surface area is 436 Å². The van der Waals surface area contributed by atoms with E-state index in [0.717, 1.165) is 32.4 Å². The first-order chi connectivity index (χ1) is 34.4. The van der Waals surface area contributed by atoms with Crippen LogP contribution in [0.15, 0.2) is 125 Å². The molecule has 0 saturated heterocycles. The van der Waals surface area contributed by atoms with E-state index in [1.807, 2.05) is 0 Å². The predicted molar refractivity (Wildman–Crippen MR) is 267 cm³/mol. The quantitative estimate of drug-likeness (QED) is 0.0370. The lowest BCUT2D eigenvalue weighted by molar-refractivity contribution is 0.101. The number of amides is 2. The number of carbonyl (C=O) groups excluding carboxylic acids is 2. The van der Waals surface area contributed by atoms with Gasteiger partial charge in [-0.3, -0.25) is 27.8 Å². The number of aromatic hydroxyl groups is 2. The van der Waals surface area contributed by atoms with Gasteiger partial charge in [-0.25, -0.2) is 0 Å². The van der Waals surface area contributed by atoms with Crippen molar-refractivity contribution in [3.05, 3.63) is 116 Å². The van der Waals surface area contributed by atoms with Crippen LogP contribution in [0, 0.1) is 0 Å². The lowest BCUT2D eigenvalue weighted by atomic mass is 10.1. The topological polar surface area (TPSA) is 384 Å². The molecule has 74 heavy (non-hydrogen) atoms. The Morgan fingerprint density at radius 3 is 1.34 bits per heavy atom. The first-order valence-corrected chi connectivity index (χ1v) is 26.9. The summed E-state index contributed by atoms with van der Waals surface area (Å²) in [6.45, 7) is 0. The molecule has 386 valence electrons. The minimum Gasteiger partial charge on any atom is -0.505 e. The number of nitrogens with one attached hydrogen (secondary N) is 2. The molecule has 8 N–H and O–H groups in total. The molecular formula is C42H28Cl4N6O18S4. The number of halogens is 4. The smallest absolute Gasteiger partial charge is 0.296 e.